The topological polar surface area (TPSA) is 29.1 Å². The third-order valence-corrected chi connectivity index (χ3v) is 4.86. The van der Waals surface area contributed by atoms with Crippen molar-refractivity contribution >= 4 is 5.91 Å². The summed E-state index contributed by atoms with van der Waals surface area (Å²) in [5, 5.41) is 3.11. The second-order valence-corrected chi connectivity index (χ2v) is 9.26. The minimum absolute atomic E-state index is 0.0556. The van der Waals surface area contributed by atoms with Crippen molar-refractivity contribution in [2.45, 2.75) is 71.8 Å². The van der Waals surface area contributed by atoms with E-state index in [0.717, 1.165) is 12.0 Å². The second kappa shape index (κ2) is 7.19. The van der Waals surface area contributed by atoms with E-state index >= 15 is 0 Å². The highest BCUT2D eigenvalue weighted by molar-refractivity contribution is 5.95. The van der Waals surface area contributed by atoms with E-state index in [-0.39, 0.29) is 22.8 Å². The van der Waals surface area contributed by atoms with Crippen LogP contribution in [-0.4, -0.2) is 11.4 Å². The van der Waals surface area contributed by atoms with Crippen molar-refractivity contribution in [2.24, 2.45) is 5.92 Å². The van der Waals surface area contributed by atoms with Crippen LogP contribution in [0.15, 0.2) is 48.1 Å². The zero-order valence-electron chi connectivity index (χ0n) is 16.8. The molecular formula is C23H33NO. The summed E-state index contributed by atoms with van der Waals surface area (Å²) in [6, 6.07) is 8.90. The first-order valence-corrected chi connectivity index (χ1v) is 9.29. The van der Waals surface area contributed by atoms with Gasteiger partial charge in [-0.05, 0) is 55.6 Å². The molecular weight excluding hydrogens is 306 g/mol. The average molecular weight is 340 g/mol. The van der Waals surface area contributed by atoms with Gasteiger partial charge in [-0.25, -0.2) is 0 Å². The molecule has 1 aliphatic carbocycles. The van der Waals surface area contributed by atoms with Crippen molar-refractivity contribution in [1.29, 1.82) is 0 Å². The summed E-state index contributed by atoms with van der Waals surface area (Å²) in [6.07, 6.45) is 7.06. The van der Waals surface area contributed by atoms with Crippen LogP contribution in [0.5, 0.6) is 0 Å². The molecule has 0 bridgehead atoms. The van der Waals surface area contributed by atoms with Crippen molar-refractivity contribution in [3.63, 3.8) is 0 Å². The number of hydrogen-bond donors (Lipinski definition) is 1. The van der Waals surface area contributed by atoms with E-state index in [1.165, 1.54) is 11.1 Å². The summed E-state index contributed by atoms with van der Waals surface area (Å²) in [7, 11) is 0. The molecule has 0 aliphatic heterocycles. The van der Waals surface area contributed by atoms with Gasteiger partial charge in [0.1, 0.15) is 0 Å². The molecule has 2 rings (SSSR count). The molecule has 0 fully saturated rings. The highest BCUT2D eigenvalue weighted by Crippen LogP contribution is 2.36. The summed E-state index contributed by atoms with van der Waals surface area (Å²) < 4.78 is 0. The lowest BCUT2D eigenvalue weighted by Gasteiger charge is -2.30. The Kier molecular flexibility index (Phi) is 5.61. The second-order valence-electron chi connectivity index (χ2n) is 9.26. The van der Waals surface area contributed by atoms with Crippen LogP contribution in [0, 0.1) is 5.92 Å². The van der Waals surface area contributed by atoms with Gasteiger partial charge in [0.05, 0.1) is 0 Å². The normalized spacial score (nSPS) is 19.3. The molecule has 1 aromatic carbocycles. The van der Waals surface area contributed by atoms with Crippen LogP contribution in [0.2, 0.25) is 0 Å². The Hall–Kier alpha value is -1.83. The van der Waals surface area contributed by atoms with Crippen molar-refractivity contribution in [1.82, 2.24) is 5.32 Å². The average Bonchev–Trinajstić information content (AvgIpc) is 2.52. The fourth-order valence-electron chi connectivity index (χ4n) is 3.30. The van der Waals surface area contributed by atoms with E-state index < -0.39 is 0 Å². The van der Waals surface area contributed by atoms with Gasteiger partial charge >= 0.3 is 0 Å². The fourth-order valence-corrected chi connectivity index (χ4v) is 3.30. The summed E-state index contributed by atoms with van der Waals surface area (Å²) >= 11 is 0. The maximum absolute atomic E-state index is 12.7. The van der Waals surface area contributed by atoms with Crippen molar-refractivity contribution < 1.29 is 4.79 Å². The molecule has 2 atom stereocenters. The Balaban J connectivity index is 2.22. The highest BCUT2D eigenvalue weighted by atomic mass is 16.1. The van der Waals surface area contributed by atoms with Gasteiger partial charge in [0.15, 0.2) is 0 Å². The predicted octanol–water partition coefficient (Wildman–Crippen LogP) is 5.50. The van der Waals surface area contributed by atoms with Gasteiger partial charge < -0.3 is 5.32 Å². The highest BCUT2D eigenvalue weighted by Gasteiger charge is 2.29. The molecule has 2 nitrogen and oxygen atoms in total. The standard InChI is InChI=1S/C23H33NO/c1-16(17-12-14-18(15-13-17)22(2,3)4)19-10-8-9-11-20(19)21(25)24-23(5,6)7/h8-9,11-16,19H,10H2,1-7H3,(H,24,25)/t16-,19?/m1/s1. The van der Waals surface area contributed by atoms with Crippen molar-refractivity contribution in [2.75, 3.05) is 0 Å². The first-order valence-electron chi connectivity index (χ1n) is 9.29. The molecule has 136 valence electrons. The zero-order chi connectivity index (χ0) is 18.8. The van der Waals surface area contributed by atoms with Gasteiger partial charge in [-0.3, -0.25) is 4.79 Å². The van der Waals surface area contributed by atoms with E-state index in [9.17, 15) is 4.79 Å². The van der Waals surface area contributed by atoms with E-state index in [4.69, 9.17) is 0 Å². The number of benzene rings is 1. The van der Waals surface area contributed by atoms with Crippen LogP contribution in [0.3, 0.4) is 0 Å². The minimum Gasteiger partial charge on any atom is -0.348 e. The van der Waals surface area contributed by atoms with Crippen LogP contribution < -0.4 is 5.32 Å². The van der Waals surface area contributed by atoms with Crippen molar-refractivity contribution in [3.8, 4) is 0 Å². The number of rotatable bonds is 3. The van der Waals surface area contributed by atoms with E-state index in [0.29, 0.717) is 5.92 Å². The van der Waals surface area contributed by atoms with E-state index in [1.54, 1.807) is 0 Å². The molecule has 0 saturated heterocycles. The van der Waals surface area contributed by atoms with Gasteiger partial charge in [0.25, 0.3) is 0 Å². The van der Waals surface area contributed by atoms with Crippen LogP contribution in [0.1, 0.15) is 71.9 Å². The van der Waals surface area contributed by atoms with Crippen LogP contribution in [-0.2, 0) is 10.2 Å². The summed E-state index contributed by atoms with van der Waals surface area (Å²) in [5.41, 5.74) is 3.47. The van der Waals surface area contributed by atoms with Crippen molar-refractivity contribution in [3.05, 3.63) is 59.2 Å². The van der Waals surface area contributed by atoms with Crippen LogP contribution >= 0.6 is 0 Å². The molecule has 0 heterocycles. The van der Waals surface area contributed by atoms with Crippen LogP contribution in [0.25, 0.3) is 0 Å². The van der Waals surface area contributed by atoms with Gasteiger partial charge in [-0.2, -0.15) is 0 Å². The van der Waals surface area contributed by atoms with Gasteiger partial charge in [0, 0.05) is 11.1 Å². The third kappa shape index (κ3) is 5.07. The lowest BCUT2D eigenvalue weighted by Crippen LogP contribution is -2.43. The number of carbonyl (C=O) groups excluding carboxylic acids is 1. The van der Waals surface area contributed by atoms with E-state index in [2.05, 4.69) is 63.4 Å². The number of allylic oxidation sites excluding steroid dienone is 3. The fraction of sp³-hybridized carbons (Fsp3) is 0.522. The summed E-state index contributed by atoms with van der Waals surface area (Å²) in [6.45, 7) is 15.0. The summed E-state index contributed by atoms with van der Waals surface area (Å²) in [5.74, 6) is 0.573. The lowest BCUT2D eigenvalue weighted by atomic mass is 9.77. The zero-order valence-corrected chi connectivity index (χ0v) is 16.8. The first-order chi connectivity index (χ1) is 11.5. The van der Waals surface area contributed by atoms with Gasteiger partial charge in [-0.1, -0.05) is 70.2 Å². The smallest absolute Gasteiger partial charge is 0.247 e. The first kappa shape index (κ1) is 19.5. The number of carbonyl (C=O) groups is 1. The maximum Gasteiger partial charge on any atom is 0.247 e. The number of nitrogens with one attached hydrogen (secondary N) is 1. The molecule has 1 N–H and O–H groups in total. The predicted molar refractivity (Wildman–Crippen MR) is 107 cm³/mol. The monoisotopic (exact) mass is 339 g/mol. The molecule has 0 saturated carbocycles. The molecule has 2 heteroatoms. The summed E-state index contributed by atoms with van der Waals surface area (Å²) in [4.78, 5) is 12.7. The lowest BCUT2D eigenvalue weighted by molar-refractivity contribution is -0.119. The Bertz CT molecular complexity index is 666. The molecule has 1 aliphatic rings. The molecule has 25 heavy (non-hydrogen) atoms. The van der Waals surface area contributed by atoms with Crippen LogP contribution in [0.4, 0.5) is 0 Å². The molecule has 1 unspecified atom stereocenters. The molecule has 0 spiro atoms. The third-order valence-electron chi connectivity index (χ3n) is 4.86. The molecule has 0 aromatic heterocycles. The number of amides is 1. The quantitative estimate of drug-likeness (QED) is 0.773. The van der Waals surface area contributed by atoms with E-state index in [1.807, 2.05) is 32.9 Å². The Morgan fingerprint density at radius 2 is 1.68 bits per heavy atom. The Labute approximate surface area is 153 Å². The molecule has 1 amide bonds. The number of hydrogen-bond acceptors (Lipinski definition) is 1. The minimum atomic E-state index is -0.221. The molecule has 0 radical (unpaired) electrons. The SMILES string of the molecule is C[C@H](c1ccc(C(C)(C)C)cc1)C1CC=CC=C1C(=O)NC(C)(C)C. The van der Waals surface area contributed by atoms with Gasteiger partial charge in [-0.15, -0.1) is 0 Å². The Morgan fingerprint density at radius 1 is 1.08 bits per heavy atom. The van der Waals surface area contributed by atoms with Gasteiger partial charge in [0.2, 0.25) is 5.91 Å². The largest absolute Gasteiger partial charge is 0.348 e. The molecule has 1 aromatic rings. The Morgan fingerprint density at radius 3 is 2.20 bits per heavy atom. The maximum atomic E-state index is 12.7.